The maximum Gasteiger partial charge on any atom is 0.321 e. The first-order valence-corrected chi connectivity index (χ1v) is 8.63. The number of hydrogen-bond donors (Lipinski definition) is 2. The van der Waals surface area contributed by atoms with E-state index in [1.165, 1.54) is 11.3 Å². The summed E-state index contributed by atoms with van der Waals surface area (Å²) in [6.07, 6.45) is 1.60. The average Bonchev–Trinajstić information content (AvgIpc) is 3.29. The molecule has 6 heteroatoms. The molecule has 2 aromatic carbocycles. The Morgan fingerprint density at radius 3 is 2.56 bits per heavy atom. The molecule has 0 aliphatic heterocycles. The lowest BCUT2D eigenvalue weighted by Gasteiger charge is -2.17. The number of nitrogens with one attached hydrogen (secondary N) is 2. The van der Waals surface area contributed by atoms with Crippen LogP contribution in [0.5, 0.6) is 0 Å². The van der Waals surface area contributed by atoms with Gasteiger partial charge in [0.15, 0.2) is 5.13 Å². The molecule has 0 saturated heterocycles. The highest BCUT2D eigenvalue weighted by Gasteiger charge is 2.19. The van der Waals surface area contributed by atoms with Gasteiger partial charge in [0.2, 0.25) is 0 Å². The third-order valence-electron chi connectivity index (χ3n) is 3.75. The molecule has 0 aliphatic rings. The van der Waals surface area contributed by atoms with Crippen molar-refractivity contribution in [1.29, 1.82) is 0 Å². The summed E-state index contributed by atoms with van der Waals surface area (Å²) in [5.74, 6) is 0.672. The van der Waals surface area contributed by atoms with E-state index >= 15 is 0 Å². The number of rotatable bonds is 4. The molecule has 2 N–H and O–H groups in total. The van der Waals surface area contributed by atoms with Crippen molar-refractivity contribution < 1.29 is 9.21 Å². The molecule has 2 aromatic heterocycles. The smallest absolute Gasteiger partial charge is 0.321 e. The van der Waals surface area contributed by atoms with Crippen molar-refractivity contribution >= 4 is 32.7 Å². The number of hydrogen-bond acceptors (Lipinski definition) is 4. The van der Waals surface area contributed by atoms with Gasteiger partial charge in [-0.3, -0.25) is 5.32 Å². The van der Waals surface area contributed by atoms with Gasteiger partial charge >= 0.3 is 6.03 Å². The lowest BCUT2D eigenvalue weighted by atomic mass is 10.1. The normalized spacial score (nSPS) is 12.0. The van der Waals surface area contributed by atoms with Crippen LogP contribution in [0.15, 0.2) is 77.4 Å². The molecule has 124 valence electrons. The summed E-state index contributed by atoms with van der Waals surface area (Å²) in [6.45, 7) is 0. The summed E-state index contributed by atoms with van der Waals surface area (Å²) < 4.78 is 6.52. The fraction of sp³-hybridized carbons (Fsp3) is 0.0526. The molecule has 4 rings (SSSR count). The Morgan fingerprint density at radius 2 is 1.80 bits per heavy atom. The first-order valence-electron chi connectivity index (χ1n) is 7.81. The summed E-state index contributed by atoms with van der Waals surface area (Å²) in [5, 5.41) is 6.32. The van der Waals surface area contributed by atoms with Crippen LogP contribution in [0.4, 0.5) is 9.93 Å². The number of benzene rings is 2. The van der Waals surface area contributed by atoms with E-state index in [-0.39, 0.29) is 12.1 Å². The van der Waals surface area contributed by atoms with Gasteiger partial charge in [-0.1, -0.05) is 53.8 Å². The minimum Gasteiger partial charge on any atom is -0.467 e. The number of aromatic nitrogens is 1. The summed E-state index contributed by atoms with van der Waals surface area (Å²) in [4.78, 5) is 16.9. The molecular formula is C19H15N3O2S. The Labute approximate surface area is 148 Å². The van der Waals surface area contributed by atoms with Crippen LogP contribution in [0, 0.1) is 0 Å². The van der Waals surface area contributed by atoms with Crippen LogP contribution in [-0.4, -0.2) is 11.0 Å². The Balaban J connectivity index is 1.54. The highest BCUT2D eigenvalue weighted by Crippen LogP contribution is 2.26. The highest BCUT2D eigenvalue weighted by atomic mass is 32.1. The first-order chi connectivity index (χ1) is 12.3. The van der Waals surface area contributed by atoms with Crippen LogP contribution < -0.4 is 10.6 Å². The van der Waals surface area contributed by atoms with E-state index in [1.54, 1.807) is 12.3 Å². The second-order valence-corrected chi connectivity index (χ2v) is 6.47. The van der Waals surface area contributed by atoms with Gasteiger partial charge in [0.25, 0.3) is 0 Å². The lowest BCUT2D eigenvalue weighted by molar-refractivity contribution is 0.248. The quantitative estimate of drug-likeness (QED) is 0.556. The number of para-hydroxylation sites is 1. The number of carbonyl (C=O) groups excluding carboxylic acids is 1. The topological polar surface area (TPSA) is 67.2 Å². The zero-order valence-corrected chi connectivity index (χ0v) is 14.0. The molecule has 0 bridgehead atoms. The van der Waals surface area contributed by atoms with Crippen molar-refractivity contribution in [3.8, 4) is 0 Å². The number of anilines is 1. The van der Waals surface area contributed by atoms with Crippen molar-refractivity contribution in [2.75, 3.05) is 5.32 Å². The standard InChI is InChI=1S/C19H15N3O2S/c23-18(22-19-20-14-9-4-5-11-16(14)25-19)21-17(15-10-6-12-24-15)13-7-2-1-3-8-13/h1-12,17H,(H2,20,21,22,23)/t17-/m1/s1. The van der Waals surface area contributed by atoms with E-state index in [0.29, 0.717) is 10.9 Å². The molecule has 25 heavy (non-hydrogen) atoms. The number of thiazole rings is 1. The van der Waals surface area contributed by atoms with Gasteiger partial charge in [-0.25, -0.2) is 9.78 Å². The molecule has 5 nitrogen and oxygen atoms in total. The Morgan fingerprint density at radius 1 is 1.00 bits per heavy atom. The molecule has 0 fully saturated rings. The number of furan rings is 1. The molecule has 0 unspecified atom stereocenters. The monoisotopic (exact) mass is 349 g/mol. The lowest BCUT2D eigenvalue weighted by Crippen LogP contribution is -2.33. The van der Waals surface area contributed by atoms with E-state index in [2.05, 4.69) is 15.6 Å². The zero-order valence-electron chi connectivity index (χ0n) is 13.2. The number of amides is 2. The van der Waals surface area contributed by atoms with E-state index in [4.69, 9.17) is 4.42 Å². The number of carbonyl (C=O) groups is 1. The molecule has 4 aromatic rings. The Kier molecular flexibility index (Phi) is 4.18. The summed E-state index contributed by atoms with van der Waals surface area (Å²) in [6, 6.07) is 20.4. The molecule has 0 spiro atoms. The minimum absolute atomic E-state index is 0.329. The van der Waals surface area contributed by atoms with Crippen molar-refractivity contribution in [1.82, 2.24) is 10.3 Å². The van der Waals surface area contributed by atoms with Crippen molar-refractivity contribution in [2.24, 2.45) is 0 Å². The van der Waals surface area contributed by atoms with Crippen molar-refractivity contribution in [2.45, 2.75) is 6.04 Å². The van der Waals surface area contributed by atoms with Crippen LogP contribution in [0.25, 0.3) is 10.2 Å². The molecule has 2 heterocycles. The number of fused-ring (bicyclic) bond motifs is 1. The van der Waals surface area contributed by atoms with E-state index < -0.39 is 0 Å². The minimum atomic E-state index is -0.370. The predicted molar refractivity (Wildman–Crippen MR) is 98.8 cm³/mol. The zero-order chi connectivity index (χ0) is 17.1. The summed E-state index contributed by atoms with van der Waals surface area (Å²) >= 11 is 1.44. The van der Waals surface area contributed by atoms with Crippen LogP contribution in [0.1, 0.15) is 17.4 Å². The molecular weight excluding hydrogens is 334 g/mol. The molecule has 1 atom stereocenters. The molecule has 0 saturated carbocycles. The van der Waals surface area contributed by atoms with Gasteiger partial charge in [0.05, 0.1) is 16.5 Å². The van der Waals surface area contributed by atoms with Crippen LogP contribution in [-0.2, 0) is 0 Å². The summed E-state index contributed by atoms with van der Waals surface area (Å²) in [5.41, 5.74) is 1.81. The Bertz CT molecular complexity index is 947. The fourth-order valence-corrected chi connectivity index (χ4v) is 3.47. The number of nitrogens with zero attached hydrogens (tertiary/aromatic N) is 1. The second-order valence-electron chi connectivity index (χ2n) is 5.44. The second kappa shape index (κ2) is 6.78. The third kappa shape index (κ3) is 3.39. The van der Waals surface area contributed by atoms with E-state index in [9.17, 15) is 4.79 Å². The maximum absolute atomic E-state index is 12.5. The van der Waals surface area contributed by atoms with Gasteiger partial charge in [-0.2, -0.15) is 0 Å². The van der Waals surface area contributed by atoms with Gasteiger partial charge in [0, 0.05) is 0 Å². The average molecular weight is 349 g/mol. The van der Waals surface area contributed by atoms with Crippen LogP contribution in [0.3, 0.4) is 0 Å². The van der Waals surface area contributed by atoms with Crippen LogP contribution in [0.2, 0.25) is 0 Å². The van der Waals surface area contributed by atoms with Crippen molar-refractivity contribution in [3.63, 3.8) is 0 Å². The Hall–Kier alpha value is -3.12. The maximum atomic E-state index is 12.5. The first kappa shape index (κ1) is 15.4. The third-order valence-corrected chi connectivity index (χ3v) is 4.70. The molecule has 0 aliphatic carbocycles. The van der Waals surface area contributed by atoms with Crippen LogP contribution >= 0.6 is 11.3 Å². The van der Waals surface area contributed by atoms with Crippen molar-refractivity contribution in [3.05, 3.63) is 84.3 Å². The SMILES string of the molecule is O=C(Nc1nc2ccccc2s1)N[C@H](c1ccccc1)c1ccco1. The van der Waals surface area contributed by atoms with Gasteiger partial charge < -0.3 is 9.73 Å². The molecule has 0 radical (unpaired) electrons. The summed E-state index contributed by atoms with van der Waals surface area (Å²) in [7, 11) is 0. The predicted octanol–water partition coefficient (Wildman–Crippen LogP) is 4.80. The van der Waals surface area contributed by atoms with E-state index in [0.717, 1.165) is 15.8 Å². The molecule has 2 amide bonds. The van der Waals surface area contributed by atoms with E-state index in [1.807, 2.05) is 60.7 Å². The highest BCUT2D eigenvalue weighted by molar-refractivity contribution is 7.22. The van der Waals surface area contributed by atoms with Gasteiger partial charge in [-0.05, 0) is 29.8 Å². The largest absolute Gasteiger partial charge is 0.467 e. The van der Waals surface area contributed by atoms with Gasteiger partial charge in [-0.15, -0.1) is 0 Å². The fourth-order valence-electron chi connectivity index (χ4n) is 2.61. The number of urea groups is 1. The van der Waals surface area contributed by atoms with Gasteiger partial charge in [0.1, 0.15) is 11.8 Å².